The Labute approximate surface area is 605 Å². The second kappa shape index (κ2) is 23.6. The molecule has 0 aromatic heterocycles. The van der Waals surface area contributed by atoms with Gasteiger partial charge in [0.1, 0.15) is 0 Å². The molecule has 0 saturated carbocycles. The molecule has 0 fully saturated rings. The molecule has 0 amide bonds. The Balaban J connectivity index is 1.20. The SMILES string of the molecule is [2H]c1c([2H])c([2H])c(-c2cc(C(C)(C)C)cc(-c3c([2H])c([2H])c([2H])c([2H])c3[2H])c2N2c3ccc(-c4ccccc4)cc3B3c4cc(-c5ccccc5)ccc4N(c4c(-c5c([2H])c([2H])c([2H])c([2H])c5[2H])cc(C(C)(C)C)cc4-c4c([2H])c([2H])c([2H])c([2H])c4[2H])c4cc(C5(c6ccccc6)c6ccccc6-c6c([N+]#[C-])cccc65)cc2c43)c([2H])c1[2H]. The van der Waals surface area contributed by atoms with Crippen LogP contribution in [0.15, 0.2) is 327 Å². The maximum Gasteiger partial charge on any atom is 0.252 e. The van der Waals surface area contributed by atoms with Crippen LogP contribution in [0.25, 0.3) is 82.7 Å². The van der Waals surface area contributed by atoms with Crippen LogP contribution in [-0.2, 0) is 16.2 Å². The van der Waals surface area contributed by atoms with Gasteiger partial charge in [0.15, 0.2) is 5.69 Å². The highest BCUT2D eigenvalue weighted by Gasteiger charge is 2.51. The van der Waals surface area contributed by atoms with Crippen LogP contribution in [0.3, 0.4) is 0 Å². The smallest absolute Gasteiger partial charge is 0.252 e. The van der Waals surface area contributed by atoms with Crippen LogP contribution >= 0.6 is 0 Å². The Morgan fingerprint density at radius 1 is 0.347 bits per heavy atom. The lowest BCUT2D eigenvalue weighted by molar-refractivity contribution is 0.590. The lowest BCUT2D eigenvalue weighted by atomic mass is 9.33. The third-order valence-electron chi connectivity index (χ3n) is 19.6. The van der Waals surface area contributed by atoms with Crippen LogP contribution in [-0.4, -0.2) is 6.71 Å². The quantitative estimate of drug-likeness (QED) is 0.0998. The van der Waals surface area contributed by atoms with E-state index in [9.17, 15) is 21.9 Å². The van der Waals surface area contributed by atoms with Crippen molar-refractivity contribution in [1.82, 2.24) is 0 Å². The largest absolute Gasteiger partial charge is 0.310 e. The van der Waals surface area contributed by atoms with E-state index in [0.717, 1.165) is 11.1 Å². The molecule has 98 heavy (non-hydrogen) atoms. The lowest BCUT2D eigenvalue weighted by Gasteiger charge is -2.47. The summed E-state index contributed by atoms with van der Waals surface area (Å²) in [6.07, 6.45) is 0. The minimum atomic E-state index is -1.52. The number of fused-ring (bicyclic) bond motifs is 7. The summed E-state index contributed by atoms with van der Waals surface area (Å²) in [7, 11) is 0. The lowest BCUT2D eigenvalue weighted by Crippen LogP contribution is -2.61. The molecule has 0 bridgehead atoms. The first-order chi connectivity index (χ1) is 56.1. The van der Waals surface area contributed by atoms with Crippen molar-refractivity contribution in [2.45, 2.75) is 57.8 Å². The van der Waals surface area contributed by atoms with Gasteiger partial charge in [-0.3, -0.25) is 0 Å². The van der Waals surface area contributed by atoms with Gasteiger partial charge in [0.25, 0.3) is 6.71 Å². The van der Waals surface area contributed by atoms with Crippen LogP contribution in [0, 0.1) is 6.57 Å². The zero-order valence-electron chi connectivity index (χ0n) is 74.5. The Bertz CT molecular complexity index is 6140. The standard InChI is InChI=1S/C94H72BN3/c1-92(2,3)71-56-75(64-36-19-10-20-37-64)90(76(57-71)65-38-21-11-22-39-65)97-84-52-50-68(62-32-15-8-16-33-62)54-81(84)95-82-55-69(63-34-17-9-18-35-63)51-53-85(82)98(91-77(66-40-23-12-24-41-66)58-72(93(4,5)6)59-78(91)67-42-25-13-26-43-67)87-61-73(60-86(97)89(87)95)94(70-44-27-14-28-45-70)79-47-30-29-46-74(79)88-80(94)48-31-49-83(88)96-7/h8-61H,1-6H3/i10D,11D,12D,13D,19D,20D,21D,22D,23D,24D,25D,26D,36D,37D,38D,39D,40D,41D,42D,43D. The van der Waals surface area contributed by atoms with E-state index in [4.69, 9.17) is 12.1 Å². The van der Waals surface area contributed by atoms with Gasteiger partial charge in [-0.15, -0.1) is 0 Å². The molecule has 14 aromatic carbocycles. The van der Waals surface area contributed by atoms with Crippen LogP contribution < -0.4 is 26.2 Å². The first-order valence-corrected chi connectivity index (χ1v) is 32.6. The van der Waals surface area contributed by atoms with Gasteiger partial charge in [-0.25, -0.2) is 4.85 Å². The van der Waals surface area contributed by atoms with E-state index in [2.05, 4.69) is 17.0 Å². The van der Waals surface area contributed by atoms with Gasteiger partial charge < -0.3 is 9.80 Å². The molecule has 1 unspecified atom stereocenters. The topological polar surface area (TPSA) is 10.8 Å². The molecule has 2 heterocycles. The van der Waals surface area contributed by atoms with Crippen molar-refractivity contribution in [3.8, 4) is 77.9 Å². The fraction of sp³-hybridized carbons (Fsp3) is 0.0957. The fourth-order valence-corrected chi connectivity index (χ4v) is 15.1. The summed E-state index contributed by atoms with van der Waals surface area (Å²) in [5, 5.41) is 0. The molecule has 4 heteroatoms. The highest BCUT2D eigenvalue weighted by atomic mass is 15.2. The average molecular weight is 1270 g/mol. The predicted octanol–water partition coefficient (Wildman–Crippen LogP) is 23.3. The van der Waals surface area contributed by atoms with Crippen molar-refractivity contribution in [3.05, 3.63) is 372 Å². The number of rotatable bonds is 10. The first kappa shape index (κ1) is 41.9. The first-order valence-electron chi connectivity index (χ1n) is 42.6. The summed E-state index contributed by atoms with van der Waals surface area (Å²) in [5.41, 5.74) is 6.48. The van der Waals surface area contributed by atoms with Gasteiger partial charge >= 0.3 is 0 Å². The van der Waals surface area contributed by atoms with Gasteiger partial charge in [0, 0.05) is 45.0 Å². The predicted molar refractivity (Wildman–Crippen MR) is 414 cm³/mol. The second-order valence-electron chi connectivity index (χ2n) is 27.1. The molecule has 0 saturated heterocycles. The van der Waals surface area contributed by atoms with E-state index in [-0.39, 0.29) is 67.3 Å². The monoisotopic (exact) mass is 1270 g/mol. The maximum atomic E-state index is 10.2. The van der Waals surface area contributed by atoms with E-state index in [0.29, 0.717) is 89.1 Å². The number of anilines is 6. The number of nitrogens with zero attached hydrogens (tertiary/aromatic N) is 3. The van der Waals surface area contributed by atoms with Crippen molar-refractivity contribution in [3.63, 3.8) is 0 Å². The highest BCUT2D eigenvalue weighted by molar-refractivity contribution is 7.00. The van der Waals surface area contributed by atoms with E-state index in [1.165, 1.54) is 0 Å². The summed E-state index contributed by atoms with van der Waals surface area (Å²) < 4.78 is 194. The average Bonchev–Trinajstić information content (AvgIpc) is 1.22. The van der Waals surface area contributed by atoms with E-state index < -0.39 is 144 Å². The van der Waals surface area contributed by atoms with Gasteiger partial charge in [0.05, 0.1) is 50.8 Å². The third kappa shape index (κ3) is 9.70. The molecule has 3 aliphatic rings. The molecule has 3 nitrogen and oxygen atoms in total. The number of hydrogen-bond acceptors (Lipinski definition) is 2. The van der Waals surface area contributed by atoms with Crippen molar-refractivity contribution < 1.29 is 27.4 Å². The molecule has 17 rings (SSSR count). The zero-order valence-corrected chi connectivity index (χ0v) is 54.5. The molecule has 0 radical (unpaired) electrons. The Morgan fingerprint density at radius 2 is 0.735 bits per heavy atom. The molecular weight excluding hydrogens is 1180 g/mol. The molecule has 1 aliphatic carbocycles. The Morgan fingerprint density at radius 3 is 1.14 bits per heavy atom. The zero-order chi connectivity index (χ0) is 83.8. The van der Waals surface area contributed by atoms with Crippen LogP contribution in [0.1, 0.15) is 102 Å². The fourth-order valence-electron chi connectivity index (χ4n) is 15.1. The minimum absolute atomic E-state index is 0.00241. The summed E-state index contributed by atoms with van der Waals surface area (Å²) in [6.45, 7) is 19.4. The highest BCUT2D eigenvalue weighted by Crippen LogP contribution is 2.62. The minimum Gasteiger partial charge on any atom is -0.310 e. The molecular formula is C94H72BN3. The summed E-state index contributed by atoms with van der Waals surface area (Å²) >= 11 is 0. The van der Waals surface area contributed by atoms with Gasteiger partial charge in [-0.1, -0.05) is 320 Å². The Hall–Kier alpha value is -11.8. The molecule has 1 atom stereocenters. The number of benzene rings is 14. The summed E-state index contributed by atoms with van der Waals surface area (Å²) in [6, 6.07) is 52.1. The van der Waals surface area contributed by atoms with Crippen molar-refractivity contribution in [1.29, 1.82) is 0 Å². The molecule has 0 N–H and O–H groups in total. The van der Waals surface area contributed by atoms with Crippen LogP contribution in [0.4, 0.5) is 39.8 Å². The molecule has 2 aliphatic heterocycles. The summed E-state index contributed by atoms with van der Waals surface area (Å²) in [5.74, 6) is 0. The van der Waals surface area contributed by atoms with Gasteiger partial charge in [-0.2, -0.15) is 0 Å². The van der Waals surface area contributed by atoms with Crippen LogP contribution in [0.5, 0.6) is 0 Å². The molecule has 14 aromatic rings. The van der Waals surface area contributed by atoms with Crippen molar-refractivity contribution >= 4 is 62.9 Å². The third-order valence-corrected chi connectivity index (χ3v) is 19.6. The van der Waals surface area contributed by atoms with Crippen LogP contribution in [0.2, 0.25) is 0 Å². The summed E-state index contributed by atoms with van der Waals surface area (Å²) in [4.78, 5) is 8.02. The number of hydrogen-bond donors (Lipinski definition) is 0. The molecule has 466 valence electrons. The second-order valence-corrected chi connectivity index (χ2v) is 27.1. The maximum absolute atomic E-state index is 10.2. The Kier molecular flexibility index (Phi) is 10.1. The molecule has 0 spiro atoms. The normalized spacial score (nSPS) is 17.1. The van der Waals surface area contributed by atoms with Gasteiger partial charge in [0.2, 0.25) is 0 Å². The van der Waals surface area contributed by atoms with Crippen molar-refractivity contribution in [2.75, 3.05) is 9.80 Å². The van der Waals surface area contributed by atoms with Gasteiger partial charge in [-0.05, 0) is 165 Å². The van der Waals surface area contributed by atoms with E-state index in [1.54, 1.807) is 30.3 Å². The van der Waals surface area contributed by atoms with Crippen molar-refractivity contribution in [2.24, 2.45) is 0 Å². The van der Waals surface area contributed by atoms with E-state index in [1.807, 2.05) is 215 Å². The van der Waals surface area contributed by atoms with E-state index >= 15 is 0 Å².